The molecule has 2 aromatic rings. The average Bonchev–Trinajstić information content (AvgIpc) is 2.69. The number of rotatable bonds is 3. The van der Waals surface area contributed by atoms with Crippen molar-refractivity contribution < 1.29 is 0 Å². The van der Waals surface area contributed by atoms with Gasteiger partial charge >= 0.3 is 0 Å². The van der Waals surface area contributed by atoms with Gasteiger partial charge in [0.05, 0.1) is 17.9 Å². The molecule has 0 aliphatic heterocycles. The van der Waals surface area contributed by atoms with Crippen LogP contribution in [0, 0.1) is 25.2 Å². The molecule has 94 valence electrons. The zero-order chi connectivity index (χ0) is 13.3. The van der Waals surface area contributed by atoms with E-state index in [1.165, 1.54) is 5.56 Å². The maximum absolute atomic E-state index is 8.81. The van der Waals surface area contributed by atoms with E-state index in [2.05, 4.69) is 33.2 Å². The molecule has 0 aliphatic carbocycles. The summed E-state index contributed by atoms with van der Waals surface area (Å²) in [5.74, 6) is 1.70. The summed E-state index contributed by atoms with van der Waals surface area (Å²) in [7, 11) is 1.99. The van der Waals surface area contributed by atoms with Crippen molar-refractivity contribution in [2.75, 3.05) is 11.9 Å². The fourth-order valence-electron chi connectivity index (χ4n) is 1.90. The van der Waals surface area contributed by atoms with Crippen LogP contribution in [0.3, 0.4) is 0 Å². The van der Waals surface area contributed by atoms with Crippen LogP contribution < -0.4 is 4.90 Å². The lowest BCUT2D eigenvalue weighted by atomic mass is 10.2. The molecule has 0 saturated carbocycles. The van der Waals surface area contributed by atoms with Gasteiger partial charge in [0, 0.05) is 13.1 Å². The Labute approximate surface area is 111 Å². The van der Waals surface area contributed by atoms with Crippen LogP contribution in [0.4, 0.5) is 5.82 Å². The van der Waals surface area contributed by atoms with Crippen LogP contribution in [0.1, 0.15) is 24.7 Å². The van der Waals surface area contributed by atoms with E-state index in [9.17, 15) is 0 Å². The van der Waals surface area contributed by atoms with Crippen molar-refractivity contribution in [2.45, 2.75) is 33.2 Å². The van der Waals surface area contributed by atoms with Gasteiger partial charge in [-0.05, 0) is 31.7 Å². The summed E-state index contributed by atoms with van der Waals surface area (Å²) in [6, 6.07) is 2.35. The number of aromatic nitrogens is 2. The van der Waals surface area contributed by atoms with Gasteiger partial charge in [-0.3, -0.25) is 0 Å². The van der Waals surface area contributed by atoms with Crippen molar-refractivity contribution in [3.63, 3.8) is 0 Å². The smallest absolute Gasteiger partial charge is 0.141 e. The van der Waals surface area contributed by atoms with E-state index < -0.39 is 0 Å². The topological polar surface area (TPSA) is 52.8 Å². The van der Waals surface area contributed by atoms with Crippen LogP contribution in [-0.4, -0.2) is 23.1 Å². The standard InChI is InChI=1S/C13H16N4S/c1-8-7-18-13-11(8)12(15-10(3)16-13)17(4)9(2)5-6-14/h7,9H,5H2,1-4H3. The molecule has 1 unspecified atom stereocenters. The van der Waals surface area contributed by atoms with Gasteiger partial charge in [-0.25, -0.2) is 9.97 Å². The molecule has 5 heteroatoms. The Morgan fingerprint density at radius 2 is 2.17 bits per heavy atom. The van der Waals surface area contributed by atoms with E-state index in [4.69, 9.17) is 5.26 Å². The molecule has 0 amide bonds. The zero-order valence-electron chi connectivity index (χ0n) is 11.1. The molecule has 0 N–H and O–H groups in total. The monoisotopic (exact) mass is 260 g/mol. The summed E-state index contributed by atoms with van der Waals surface area (Å²) in [4.78, 5) is 12.1. The van der Waals surface area contributed by atoms with Crippen molar-refractivity contribution in [1.29, 1.82) is 5.26 Å². The minimum absolute atomic E-state index is 0.145. The lowest BCUT2D eigenvalue weighted by molar-refractivity contribution is 0.694. The molecular weight excluding hydrogens is 244 g/mol. The highest BCUT2D eigenvalue weighted by atomic mass is 32.1. The quantitative estimate of drug-likeness (QED) is 0.851. The van der Waals surface area contributed by atoms with E-state index in [1.807, 2.05) is 20.9 Å². The first-order chi connectivity index (χ1) is 8.54. The molecule has 0 aromatic carbocycles. The maximum atomic E-state index is 8.81. The molecule has 2 heterocycles. The first kappa shape index (κ1) is 12.8. The number of fused-ring (bicyclic) bond motifs is 1. The largest absolute Gasteiger partial charge is 0.355 e. The molecule has 0 radical (unpaired) electrons. The van der Waals surface area contributed by atoms with Gasteiger partial charge in [-0.2, -0.15) is 5.26 Å². The SMILES string of the molecule is Cc1nc(N(C)C(C)CC#N)c2c(C)csc2n1. The van der Waals surface area contributed by atoms with Crippen LogP contribution in [0.25, 0.3) is 10.2 Å². The molecule has 2 aromatic heterocycles. The van der Waals surface area contributed by atoms with Crippen molar-refractivity contribution in [1.82, 2.24) is 9.97 Å². The minimum atomic E-state index is 0.145. The molecular formula is C13H16N4S. The summed E-state index contributed by atoms with van der Waals surface area (Å²) in [6.45, 7) is 6.01. The van der Waals surface area contributed by atoms with Gasteiger partial charge in [-0.1, -0.05) is 0 Å². The molecule has 2 rings (SSSR count). The lowest BCUT2D eigenvalue weighted by Crippen LogP contribution is -2.29. The third kappa shape index (κ3) is 2.16. The van der Waals surface area contributed by atoms with Gasteiger partial charge < -0.3 is 4.90 Å². The van der Waals surface area contributed by atoms with E-state index in [1.54, 1.807) is 11.3 Å². The maximum Gasteiger partial charge on any atom is 0.141 e. The molecule has 0 aliphatic rings. The van der Waals surface area contributed by atoms with Crippen LogP contribution in [0.2, 0.25) is 0 Å². The molecule has 0 fully saturated rings. The fourth-order valence-corrected chi connectivity index (χ4v) is 2.86. The van der Waals surface area contributed by atoms with Crippen LogP contribution in [0.15, 0.2) is 5.38 Å². The predicted molar refractivity (Wildman–Crippen MR) is 75.0 cm³/mol. The van der Waals surface area contributed by atoms with Crippen molar-refractivity contribution in [3.05, 3.63) is 16.8 Å². The Kier molecular flexibility index (Phi) is 3.48. The van der Waals surface area contributed by atoms with Crippen LogP contribution in [0.5, 0.6) is 0 Å². The molecule has 0 spiro atoms. The lowest BCUT2D eigenvalue weighted by Gasteiger charge is -2.25. The number of nitrogens with zero attached hydrogens (tertiary/aromatic N) is 4. The Morgan fingerprint density at radius 3 is 2.83 bits per heavy atom. The number of aryl methyl sites for hydroxylation is 2. The number of hydrogen-bond donors (Lipinski definition) is 0. The van der Waals surface area contributed by atoms with Crippen molar-refractivity contribution in [3.8, 4) is 6.07 Å². The minimum Gasteiger partial charge on any atom is -0.355 e. The first-order valence-electron chi connectivity index (χ1n) is 5.86. The third-order valence-electron chi connectivity index (χ3n) is 3.09. The second-order valence-corrected chi connectivity index (χ2v) is 5.37. The Balaban J connectivity index is 2.55. The molecule has 0 bridgehead atoms. The molecule has 18 heavy (non-hydrogen) atoms. The van der Waals surface area contributed by atoms with Gasteiger partial charge in [0.1, 0.15) is 16.5 Å². The van der Waals surface area contributed by atoms with Crippen LogP contribution in [-0.2, 0) is 0 Å². The average molecular weight is 260 g/mol. The molecule has 4 nitrogen and oxygen atoms in total. The first-order valence-corrected chi connectivity index (χ1v) is 6.74. The van der Waals surface area contributed by atoms with Gasteiger partial charge in [0.25, 0.3) is 0 Å². The normalized spacial score (nSPS) is 12.4. The van der Waals surface area contributed by atoms with Gasteiger partial charge in [-0.15, -0.1) is 11.3 Å². The number of nitriles is 1. The second kappa shape index (κ2) is 4.91. The third-order valence-corrected chi connectivity index (χ3v) is 4.08. The summed E-state index contributed by atoms with van der Waals surface area (Å²) in [5, 5.41) is 12.0. The highest BCUT2D eigenvalue weighted by Crippen LogP contribution is 2.31. The summed E-state index contributed by atoms with van der Waals surface area (Å²) < 4.78 is 0. The molecule has 1 atom stereocenters. The number of hydrogen-bond acceptors (Lipinski definition) is 5. The Morgan fingerprint density at radius 1 is 1.44 bits per heavy atom. The summed E-state index contributed by atoms with van der Waals surface area (Å²) in [5.41, 5.74) is 1.20. The number of thiophene rings is 1. The predicted octanol–water partition coefficient (Wildman–Crippen LogP) is 3.05. The van der Waals surface area contributed by atoms with Crippen LogP contribution >= 0.6 is 11.3 Å². The van der Waals surface area contributed by atoms with E-state index in [-0.39, 0.29) is 6.04 Å². The number of anilines is 1. The summed E-state index contributed by atoms with van der Waals surface area (Å²) >= 11 is 1.64. The molecule has 0 saturated heterocycles. The van der Waals surface area contributed by atoms with Crippen molar-refractivity contribution in [2.24, 2.45) is 0 Å². The van der Waals surface area contributed by atoms with E-state index >= 15 is 0 Å². The Bertz CT molecular complexity index is 611. The van der Waals surface area contributed by atoms with Crippen molar-refractivity contribution >= 4 is 27.4 Å². The van der Waals surface area contributed by atoms with Gasteiger partial charge in [0.2, 0.25) is 0 Å². The van der Waals surface area contributed by atoms with E-state index in [0.717, 1.165) is 21.9 Å². The Hall–Kier alpha value is -1.67. The highest BCUT2D eigenvalue weighted by molar-refractivity contribution is 7.17. The van der Waals surface area contributed by atoms with E-state index in [0.29, 0.717) is 6.42 Å². The second-order valence-electron chi connectivity index (χ2n) is 4.52. The highest BCUT2D eigenvalue weighted by Gasteiger charge is 2.17. The van der Waals surface area contributed by atoms with Gasteiger partial charge in [0.15, 0.2) is 0 Å². The fraction of sp³-hybridized carbons (Fsp3) is 0.462. The zero-order valence-corrected chi connectivity index (χ0v) is 11.9. The summed E-state index contributed by atoms with van der Waals surface area (Å²) in [6.07, 6.45) is 0.490.